The summed E-state index contributed by atoms with van der Waals surface area (Å²) in [6, 6.07) is 7.08. The Labute approximate surface area is 89.0 Å². The average molecular weight is 265 g/mol. The zero-order chi connectivity index (χ0) is 9.14. The fourth-order valence-corrected chi connectivity index (χ4v) is 2.01. The molecule has 0 bridgehead atoms. The lowest BCUT2D eigenvalue weighted by atomic mass is 10.2. The van der Waals surface area contributed by atoms with Crippen molar-refractivity contribution < 1.29 is 0 Å². The van der Waals surface area contributed by atoms with Crippen LogP contribution in [0.15, 0.2) is 22.7 Å². The molecule has 0 aliphatic carbocycles. The maximum atomic E-state index is 8.55. The number of rotatable bonds is 1. The minimum atomic E-state index is -0.628. The van der Waals surface area contributed by atoms with Crippen LogP contribution in [0.1, 0.15) is 10.9 Å². The number of alkyl halides is 1. The van der Waals surface area contributed by atoms with Crippen LogP contribution in [0, 0.1) is 11.3 Å². The van der Waals surface area contributed by atoms with Crippen molar-refractivity contribution >= 4 is 39.1 Å². The second-order valence-corrected chi connectivity index (χ2v) is 3.88. The first-order valence-corrected chi connectivity index (χ1v) is 4.74. The molecule has 4 heteroatoms. The van der Waals surface area contributed by atoms with Gasteiger partial charge in [-0.3, -0.25) is 0 Å². The van der Waals surface area contributed by atoms with Crippen molar-refractivity contribution in [2.75, 3.05) is 0 Å². The summed E-state index contributed by atoms with van der Waals surface area (Å²) in [5.41, 5.74) is 0.739. The summed E-state index contributed by atoms with van der Waals surface area (Å²) in [6.07, 6.45) is 0. The third-order valence-corrected chi connectivity index (χ3v) is 2.60. The van der Waals surface area contributed by atoms with Gasteiger partial charge in [-0.05, 0) is 17.7 Å². The van der Waals surface area contributed by atoms with Crippen molar-refractivity contribution in [1.82, 2.24) is 0 Å². The molecule has 0 aliphatic heterocycles. The van der Waals surface area contributed by atoms with Gasteiger partial charge >= 0.3 is 0 Å². The van der Waals surface area contributed by atoms with E-state index in [0.29, 0.717) is 5.02 Å². The number of nitriles is 1. The first kappa shape index (κ1) is 9.85. The van der Waals surface area contributed by atoms with Gasteiger partial charge in [0.1, 0.15) is 5.38 Å². The lowest BCUT2D eigenvalue weighted by Crippen LogP contribution is -1.87. The van der Waals surface area contributed by atoms with E-state index in [2.05, 4.69) is 15.9 Å². The van der Waals surface area contributed by atoms with Crippen molar-refractivity contribution in [2.45, 2.75) is 5.38 Å². The molecule has 0 aromatic heterocycles. The minimum Gasteiger partial charge on any atom is -0.196 e. The van der Waals surface area contributed by atoms with E-state index in [1.54, 1.807) is 18.2 Å². The fourth-order valence-electron chi connectivity index (χ4n) is 0.777. The van der Waals surface area contributed by atoms with Gasteiger partial charge in [-0.2, -0.15) is 5.26 Å². The Morgan fingerprint density at radius 1 is 1.50 bits per heavy atom. The molecule has 62 valence electrons. The Balaban J connectivity index is 3.11. The van der Waals surface area contributed by atoms with Crippen LogP contribution in [-0.2, 0) is 0 Å². The fraction of sp³-hybridized carbons (Fsp3) is 0.125. The predicted molar refractivity (Wildman–Crippen MR) is 53.4 cm³/mol. The highest BCUT2D eigenvalue weighted by Crippen LogP contribution is 2.29. The van der Waals surface area contributed by atoms with E-state index in [-0.39, 0.29) is 0 Å². The molecule has 0 amide bonds. The van der Waals surface area contributed by atoms with Crippen molar-refractivity contribution in [3.8, 4) is 6.07 Å². The van der Waals surface area contributed by atoms with Gasteiger partial charge in [0.05, 0.1) is 6.07 Å². The highest BCUT2D eigenvalue weighted by molar-refractivity contribution is 9.10. The van der Waals surface area contributed by atoms with Gasteiger partial charge < -0.3 is 0 Å². The highest BCUT2D eigenvalue weighted by atomic mass is 79.9. The Bertz CT molecular complexity index is 332. The Hall–Kier alpha value is -0.230. The SMILES string of the molecule is N#CC(Cl)c1ccc(Cl)cc1Br. The second kappa shape index (κ2) is 4.13. The monoisotopic (exact) mass is 263 g/mol. The number of halogens is 3. The van der Waals surface area contributed by atoms with Crippen LogP contribution in [0.2, 0.25) is 5.02 Å². The van der Waals surface area contributed by atoms with Crippen LogP contribution in [0.4, 0.5) is 0 Å². The Kier molecular flexibility index (Phi) is 3.39. The van der Waals surface area contributed by atoms with Crippen LogP contribution in [-0.4, -0.2) is 0 Å². The van der Waals surface area contributed by atoms with Gasteiger partial charge in [-0.1, -0.05) is 33.6 Å². The number of hydrogen-bond acceptors (Lipinski definition) is 1. The zero-order valence-electron chi connectivity index (χ0n) is 5.89. The van der Waals surface area contributed by atoms with E-state index in [1.165, 1.54) is 0 Å². The molecule has 1 unspecified atom stereocenters. The smallest absolute Gasteiger partial charge is 0.146 e. The van der Waals surface area contributed by atoms with Gasteiger partial charge in [0.25, 0.3) is 0 Å². The number of nitrogens with zero attached hydrogens (tertiary/aromatic N) is 1. The van der Waals surface area contributed by atoms with E-state index < -0.39 is 5.38 Å². The standard InChI is InChI=1S/C8H4BrCl2N/c9-7-3-5(10)1-2-6(7)8(11)4-12/h1-3,8H. The molecular formula is C8H4BrCl2N. The second-order valence-electron chi connectivity index (χ2n) is 2.16. The van der Waals surface area contributed by atoms with E-state index in [9.17, 15) is 0 Å². The lowest BCUT2D eigenvalue weighted by molar-refractivity contribution is 1.20. The van der Waals surface area contributed by atoms with Gasteiger partial charge in [-0.25, -0.2) is 0 Å². The van der Waals surface area contributed by atoms with Crippen molar-refractivity contribution in [3.05, 3.63) is 33.3 Å². The quantitative estimate of drug-likeness (QED) is 0.706. The van der Waals surface area contributed by atoms with E-state index in [1.807, 2.05) is 6.07 Å². The summed E-state index contributed by atoms with van der Waals surface area (Å²) < 4.78 is 0.761. The summed E-state index contributed by atoms with van der Waals surface area (Å²) >= 11 is 14.7. The largest absolute Gasteiger partial charge is 0.196 e. The van der Waals surface area contributed by atoms with Gasteiger partial charge in [0.2, 0.25) is 0 Å². The molecule has 0 aliphatic rings. The predicted octanol–water partition coefficient (Wildman–Crippen LogP) is 3.91. The number of hydrogen-bond donors (Lipinski definition) is 0. The van der Waals surface area contributed by atoms with Crippen LogP contribution >= 0.6 is 39.1 Å². The highest BCUT2D eigenvalue weighted by Gasteiger charge is 2.09. The molecule has 0 radical (unpaired) electrons. The molecule has 0 saturated carbocycles. The maximum Gasteiger partial charge on any atom is 0.146 e. The molecule has 1 aromatic carbocycles. The molecule has 0 fully saturated rings. The van der Waals surface area contributed by atoms with Crippen LogP contribution in [0.5, 0.6) is 0 Å². The summed E-state index contributed by atoms with van der Waals surface area (Å²) in [5, 5.41) is 8.54. The molecule has 1 rings (SSSR count). The molecule has 0 heterocycles. The third-order valence-electron chi connectivity index (χ3n) is 1.35. The van der Waals surface area contributed by atoms with E-state index >= 15 is 0 Å². The molecule has 0 spiro atoms. The Morgan fingerprint density at radius 2 is 2.17 bits per heavy atom. The van der Waals surface area contributed by atoms with E-state index in [0.717, 1.165) is 10.0 Å². The van der Waals surface area contributed by atoms with Gasteiger partial charge in [0, 0.05) is 9.50 Å². The van der Waals surface area contributed by atoms with Crippen molar-refractivity contribution in [3.63, 3.8) is 0 Å². The van der Waals surface area contributed by atoms with Crippen LogP contribution in [0.3, 0.4) is 0 Å². The topological polar surface area (TPSA) is 23.8 Å². The Morgan fingerprint density at radius 3 is 2.67 bits per heavy atom. The van der Waals surface area contributed by atoms with Crippen LogP contribution < -0.4 is 0 Å². The molecular weight excluding hydrogens is 261 g/mol. The normalized spacial score (nSPS) is 12.2. The molecule has 1 atom stereocenters. The van der Waals surface area contributed by atoms with Crippen LogP contribution in [0.25, 0.3) is 0 Å². The summed E-state index contributed by atoms with van der Waals surface area (Å²) in [7, 11) is 0. The number of benzene rings is 1. The molecule has 0 saturated heterocycles. The van der Waals surface area contributed by atoms with E-state index in [4.69, 9.17) is 28.5 Å². The molecule has 0 N–H and O–H groups in total. The molecule has 12 heavy (non-hydrogen) atoms. The van der Waals surface area contributed by atoms with Crippen molar-refractivity contribution in [1.29, 1.82) is 5.26 Å². The maximum absolute atomic E-state index is 8.55. The first-order chi connectivity index (χ1) is 5.65. The zero-order valence-corrected chi connectivity index (χ0v) is 8.99. The summed E-state index contributed by atoms with van der Waals surface area (Å²) in [6.45, 7) is 0. The van der Waals surface area contributed by atoms with Gasteiger partial charge in [0.15, 0.2) is 0 Å². The van der Waals surface area contributed by atoms with Crippen molar-refractivity contribution in [2.24, 2.45) is 0 Å². The summed E-state index contributed by atoms with van der Waals surface area (Å²) in [4.78, 5) is 0. The lowest BCUT2D eigenvalue weighted by Gasteiger charge is -2.03. The molecule has 1 nitrogen and oxygen atoms in total. The first-order valence-electron chi connectivity index (χ1n) is 3.14. The minimum absolute atomic E-state index is 0.618. The third kappa shape index (κ3) is 2.13. The van der Waals surface area contributed by atoms with Gasteiger partial charge in [-0.15, -0.1) is 11.6 Å². The summed E-state index contributed by atoms with van der Waals surface area (Å²) in [5.74, 6) is 0. The molecule has 1 aromatic rings. The average Bonchev–Trinajstić information content (AvgIpc) is 2.03.